The van der Waals surface area contributed by atoms with Gasteiger partial charge in [0.25, 0.3) is 0 Å². The first-order valence-corrected chi connectivity index (χ1v) is 5.53. The molecule has 0 saturated carbocycles. The van der Waals surface area contributed by atoms with E-state index in [1.54, 1.807) is 6.07 Å². The third kappa shape index (κ3) is 2.40. The molecular weight excluding hydrogens is 236 g/mol. The van der Waals surface area contributed by atoms with Crippen molar-refractivity contribution in [1.82, 2.24) is 15.0 Å². The van der Waals surface area contributed by atoms with Gasteiger partial charge in [0.05, 0.1) is 17.5 Å². The highest BCUT2D eigenvalue weighted by Crippen LogP contribution is 2.20. The van der Waals surface area contributed by atoms with E-state index in [0.29, 0.717) is 22.8 Å². The maximum Gasteiger partial charge on any atom is 0.164 e. The Balaban J connectivity index is 2.56. The molecule has 2 aromatic rings. The molecule has 1 aromatic carbocycles. The Kier molecular flexibility index (Phi) is 3.31. The Bertz CT molecular complexity index is 589. The van der Waals surface area contributed by atoms with Crippen LogP contribution in [0.25, 0.3) is 11.4 Å². The Morgan fingerprint density at radius 3 is 2.88 bits per heavy atom. The van der Waals surface area contributed by atoms with E-state index >= 15 is 0 Å². The lowest BCUT2D eigenvalue weighted by Crippen LogP contribution is -1.98. The van der Waals surface area contributed by atoms with Crippen molar-refractivity contribution in [2.45, 2.75) is 12.8 Å². The smallest absolute Gasteiger partial charge is 0.164 e. The minimum absolute atomic E-state index is 0.225. The van der Waals surface area contributed by atoms with E-state index in [-0.39, 0.29) is 5.88 Å². The molecule has 0 aliphatic rings. The summed E-state index contributed by atoms with van der Waals surface area (Å²) in [6, 6.07) is 7.70. The quantitative estimate of drug-likeness (QED) is 0.762. The molecule has 0 amide bonds. The van der Waals surface area contributed by atoms with Gasteiger partial charge >= 0.3 is 0 Å². The number of aryl methyl sites for hydroxylation is 1. The number of hydrogen-bond acceptors (Lipinski definition) is 4. The topological polar surface area (TPSA) is 62.5 Å². The van der Waals surface area contributed by atoms with Crippen LogP contribution < -0.4 is 0 Å². The summed E-state index contributed by atoms with van der Waals surface area (Å²) in [5.41, 5.74) is 2.28. The van der Waals surface area contributed by atoms with Crippen molar-refractivity contribution >= 4 is 11.6 Å². The number of halogens is 1. The molecule has 0 bridgehead atoms. The highest BCUT2D eigenvalue weighted by molar-refractivity contribution is 6.16. The van der Waals surface area contributed by atoms with Gasteiger partial charge in [0, 0.05) is 5.56 Å². The lowest BCUT2D eigenvalue weighted by atomic mass is 10.1. The average Bonchev–Trinajstić information content (AvgIpc) is 2.38. The van der Waals surface area contributed by atoms with Gasteiger partial charge in [0.2, 0.25) is 0 Å². The third-order valence-corrected chi connectivity index (χ3v) is 2.52. The van der Waals surface area contributed by atoms with E-state index in [1.165, 1.54) is 6.33 Å². The molecule has 1 aromatic heterocycles. The number of rotatable bonds is 2. The average molecular weight is 245 g/mol. The largest absolute Gasteiger partial charge is 0.220 e. The number of aromatic nitrogens is 3. The first-order valence-electron chi connectivity index (χ1n) is 4.99. The summed E-state index contributed by atoms with van der Waals surface area (Å²) in [6.07, 6.45) is 1.40. The summed E-state index contributed by atoms with van der Waals surface area (Å²) in [7, 11) is 0. The second-order valence-electron chi connectivity index (χ2n) is 3.52. The molecule has 0 aliphatic carbocycles. The van der Waals surface area contributed by atoms with Crippen molar-refractivity contribution in [2.24, 2.45) is 0 Å². The molecular formula is C12H9ClN4. The summed E-state index contributed by atoms with van der Waals surface area (Å²) in [4.78, 5) is 12.2. The molecule has 4 nitrogen and oxygen atoms in total. The van der Waals surface area contributed by atoms with E-state index < -0.39 is 0 Å². The van der Waals surface area contributed by atoms with E-state index in [1.807, 2.05) is 19.1 Å². The van der Waals surface area contributed by atoms with Gasteiger partial charge < -0.3 is 0 Å². The van der Waals surface area contributed by atoms with Gasteiger partial charge in [0.1, 0.15) is 12.2 Å². The molecule has 5 heteroatoms. The number of nitriles is 1. The molecule has 0 unspecified atom stereocenters. The van der Waals surface area contributed by atoms with Crippen molar-refractivity contribution in [3.63, 3.8) is 0 Å². The van der Waals surface area contributed by atoms with Crippen LogP contribution in [0.2, 0.25) is 0 Å². The molecule has 0 atom stereocenters. The van der Waals surface area contributed by atoms with Crippen LogP contribution in [-0.2, 0) is 5.88 Å². The highest BCUT2D eigenvalue weighted by atomic mass is 35.5. The van der Waals surface area contributed by atoms with Crippen molar-refractivity contribution in [2.75, 3.05) is 0 Å². The van der Waals surface area contributed by atoms with Gasteiger partial charge in [-0.25, -0.2) is 15.0 Å². The second-order valence-corrected chi connectivity index (χ2v) is 3.79. The lowest BCUT2D eigenvalue weighted by Gasteiger charge is -2.04. The fourth-order valence-electron chi connectivity index (χ4n) is 1.47. The van der Waals surface area contributed by atoms with Crippen LogP contribution in [0.5, 0.6) is 0 Å². The summed E-state index contributed by atoms with van der Waals surface area (Å²) >= 11 is 5.67. The number of nitrogens with zero attached hydrogens (tertiary/aromatic N) is 4. The van der Waals surface area contributed by atoms with Gasteiger partial charge in [-0.2, -0.15) is 5.26 Å². The zero-order chi connectivity index (χ0) is 12.3. The van der Waals surface area contributed by atoms with Gasteiger partial charge in [0.15, 0.2) is 5.82 Å². The fraction of sp³-hybridized carbons (Fsp3) is 0.167. The van der Waals surface area contributed by atoms with Crippen molar-refractivity contribution < 1.29 is 0 Å². The zero-order valence-electron chi connectivity index (χ0n) is 9.18. The van der Waals surface area contributed by atoms with Crippen LogP contribution in [0.1, 0.15) is 17.0 Å². The summed E-state index contributed by atoms with van der Waals surface area (Å²) in [6.45, 7) is 1.93. The predicted molar refractivity (Wildman–Crippen MR) is 64.3 cm³/mol. The van der Waals surface area contributed by atoms with E-state index in [4.69, 9.17) is 16.9 Å². The van der Waals surface area contributed by atoms with E-state index in [0.717, 1.165) is 5.56 Å². The fourth-order valence-corrected chi connectivity index (χ4v) is 1.60. The molecule has 1 heterocycles. The molecule has 17 heavy (non-hydrogen) atoms. The molecule has 0 saturated heterocycles. The maximum absolute atomic E-state index is 9.08. The summed E-state index contributed by atoms with van der Waals surface area (Å²) in [5.74, 6) is 1.21. The molecule has 2 rings (SSSR count). The molecule has 0 N–H and O–H groups in total. The first kappa shape index (κ1) is 11.5. The van der Waals surface area contributed by atoms with Crippen LogP contribution in [0.4, 0.5) is 0 Å². The molecule has 0 radical (unpaired) electrons. The maximum atomic E-state index is 9.08. The Morgan fingerprint density at radius 1 is 1.35 bits per heavy atom. The van der Waals surface area contributed by atoms with Crippen molar-refractivity contribution in [3.8, 4) is 17.5 Å². The molecule has 0 aliphatic heterocycles. The normalized spacial score (nSPS) is 9.94. The Morgan fingerprint density at radius 2 is 2.18 bits per heavy atom. The first-order chi connectivity index (χ1) is 8.24. The van der Waals surface area contributed by atoms with Gasteiger partial charge in [-0.15, -0.1) is 11.6 Å². The number of benzene rings is 1. The standard InChI is InChI=1S/C12H9ClN4/c1-8-2-3-10(9(4-8)6-14)12-16-7-15-11(5-13)17-12/h2-4,7H,5H2,1H3. The molecule has 84 valence electrons. The van der Waals surface area contributed by atoms with Crippen molar-refractivity contribution in [3.05, 3.63) is 41.5 Å². The molecule has 0 spiro atoms. The van der Waals surface area contributed by atoms with Gasteiger partial charge in [-0.1, -0.05) is 6.07 Å². The third-order valence-electron chi connectivity index (χ3n) is 2.28. The van der Waals surface area contributed by atoms with Crippen molar-refractivity contribution in [1.29, 1.82) is 5.26 Å². The summed E-state index contributed by atoms with van der Waals surface area (Å²) in [5, 5.41) is 9.08. The van der Waals surface area contributed by atoms with Gasteiger partial charge in [-0.05, 0) is 24.6 Å². The van der Waals surface area contributed by atoms with Crippen LogP contribution in [0.15, 0.2) is 24.5 Å². The minimum atomic E-state index is 0.225. The van der Waals surface area contributed by atoms with Gasteiger partial charge in [-0.3, -0.25) is 0 Å². The number of hydrogen-bond donors (Lipinski definition) is 0. The number of alkyl halides is 1. The van der Waals surface area contributed by atoms with E-state index in [2.05, 4.69) is 21.0 Å². The zero-order valence-corrected chi connectivity index (χ0v) is 9.94. The Hall–Kier alpha value is -1.99. The van der Waals surface area contributed by atoms with Crippen LogP contribution in [-0.4, -0.2) is 15.0 Å². The summed E-state index contributed by atoms with van der Waals surface area (Å²) < 4.78 is 0. The molecule has 0 fully saturated rings. The monoisotopic (exact) mass is 244 g/mol. The van der Waals surface area contributed by atoms with Crippen LogP contribution >= 0.6 is 11.6 Å². The second kappa shape index (κ2) is 4.89. The van der Waals surface area contributed by atoms with E-state index in [9.17, 15) is 0 Å². The van der Waals surface area contributed by atoms with Crippen LogP contribution in [0, 0.1) is 18.3 Å². The predicted octanol–water partition coefficient (Wildman–Crippen LogP) is 2.46. The lowest BCUT2D eigenvalue weighted by molar-refractivity contribution is 0.966. The minimum Gasteiger partial charge on any atom is -0.220 e. The van der Waals surface area contributed by atoms with Crippen LogP contribution in [0.3, 0.4) is 0 Å². The Labute approximate surface area is 104 Å². The SMILES string of the molecule is Cc1ccc(-c2ncnc(CCl)n2)c(C#N)c1. The highest BCUT2D eigenvalue weighted by Gasteiger charge is 2.08.